The molecule has 1 atom stereocenters. The van der Waals surface area contributed by atoms with E-state index in [4.69, 9.17) is 0 Å². The molecule has 2 nitrogen and oxygen atoms in total. The minimum atomic E-state index is -0.361. The lowest BCUT2D eigenvalue weighted by Gasteiger charge is -2.11. The zero-order valence-electron chi connectivity index (χ0n) is 10.3. The first-order valence-corrected chi connectivity index (χ1v) is 7.39. The van der Waals surface area contributed by atoms with Gasteiger partial charge in [-0.1, -0.05) is 18.2 Å². The highest BCUT2D eigenvalue weighted by Gasteiger charge is 2.14. The molecule has 3 rings (SSSR count). The molecule has 3 heteroatoms. The van der Waals surface area contributed by atoms with Crippen LogP contribution in [0.25, 0.3) is 0 Å². The Hall–Kier alpha value is -1.19. The molecular weight excluding hydrogens is 242 g/mol. The SMILES string of the molecule is OC(CCc1nccs1)c1ccc2c(c1)CCC2. The minimum Gasteiger partial charge on any atom is -0.388 e. The number of hydrogen-bond donors (Lipinski definition) is 1. The molecule has 94 valence electrons. The van der Waals surface area contributed by atoms with E-state index in [0.717, 1.165) is 23.4 Å². The largest absolute Gasteiger partial charge is 0.388 e. The van der Waals surface area contributed by atoms with Gasteiger partial charge in [0.1, 0.15) is 0 Å². The highest BCUT2D eigenvalue weighted by molar-refractivity contribution is 7.09. The summed E-state index contributed by atoms with van der Waals surface area (Å²) in [6.45, 7) is 0. The monoisotopic (exact) mass is 259 g/mol. The van der Waals surface area contributed by atoms with Crippen LogP contribution in [0, 0.1) is 0 Å². The smallest absolute Gasteiger partial charge is 0.0925 e. The molecule has 1 aromatic carbocycles. The summed E-state index contributed by atoms with van der Waals surface area (Å²) >= 11 is 1.66. The van der Waals surface area contributed by atoms with Crippen LogP contribution in [0.4, 0.5) is 0 Å². The summed E-state index contributed by atoms with van der Waals surface area (Å²) in [5.41, 5.74) is 3.96. The number of aliphatic hydroxyl groups excluding tert-OH is 1. The van der Waals surface area contributed by atoms with Gasteiger partial charge in [0.15, 0.2) is 0 Å². The first-order chi connectivity index (χ1) is 8.83. The average Bonchev–Trinajstić information content (AvgIpc) is 3.05. The van der Waals surface area contributed by atoms with E-state index in [2.05, 4.69) is 23.2 Å². The third-order valence-corrected chi connectivity index (χ3v) is 4.46. The Labute approximate surface area is 111 Å². The van der Waals surface area contributed by atoms with Gasteiger partial charge >= 0.3 is 0 Å². The minimum absolute atomic E-state index is 0.361. The molecular formula is C15H17NOS. The van der Waals surface area contributed by atoms with Crippen LogP contribution in [0.1, 0.15) is 40.6 Å². The number of thiazole rings is 1. The van der Waals surface area contributed by atoms with Gasteiger partial charge in [-0.2, -0.15) is 0 Å². The molecule has 0 amide bonds. The fraction of sp³-hybridized carbons (Fsp3) is 0.400. The molecule has 0 fully saturated rings. The predicted molar refractivity (Wildman–Crippen MR) is 73.9 cm³/mol. The molecule has 1 aromatic heterocycles. The van der Waals surface area contributed by atoms with Gasteiger partial charge in [-0.25, -0.2) is 4.98 Å². The zero-order valence-corrected chi connectivity index (χ0v) is 11.1. The molecule has 1 aliphatic rings. The van der Waals surface area contributed by atoms with Crippen LogP contribution >= 0.6 is 11.3 Å². The van der Waals surface area contributed by atoms with Crippen LogP contribution < -0.4 is 0 Å². The van der Waals surface area contributed by atoms with Crippen LogP contribution in [-0.2, 0) is 19.3 Å². The van der Waals surface area contributed by atoms with Gasteiger partial charge < -0.3 is 5.11 Å². The predicted octanol–water partition coefficient (Wildman–Crippen LogP) is 3.30. The lowest BCUT2D eigenvalue weighted by atomic mass is 10.0. The van der Waals surface area contributed by atoms with Crippen molar-refractivity contribution >= 4 is 11.3 Å². The molecule has 1 N–H and O–H groups in total. The molecule has 1 aliphatic carbocycles. The number of nitrogens with zero attached hydrogens (tertiary/aromatic N) is 1. The van der Waals surface area contributed by atoms with Gasteiger partial charge in [-0.05, 0) is 42.4 Å². The van der Waals surface area contributed by atoms with E-state index in [9.17, 15) is 5.11 Å². The summed E-state index contributed by atoms with van der Waals surface area (Å²) in [6, 6.07) is 6.45. The summed E-state index contributed by atoms with van der Waals surface area (Å²) in [5.74, 6) is 0. The van der Waals surface area contributed by atoms with Crippen molar-refractivity contribution in [3.8, 4) is 0 Å². The summed E-state index contributed by atoms with van der Waals surface area (Å²) in [5, 5.41) is 13.3. The van der Waals surface area contributed by atoms with Crippen LogP contribution in [-0.4, -0.2) is 10.1 Å². The Morgan fingerprint density at radius 3 is 3.00 bits per heavy atom. The third-order valence-electron chi connectivity index (χ3n) is 3.62. The van der Waals surface area contributed by atoms with Crippen molar-refractivity contribution in [1.29, 1.82) is 0 Å². The Morgan fingerprint density at radius 2 is 2.17 bits per heavy atom. The van der Waals surface area contributed by atoms with E-state index in [0.29, 0.717) is 0 Å². The van der Waals surface area contributed by atoms with E-state index >= 15 is 0 Å². The van der Waals surface area contributed by atoms with Crippen LogP contribution in [0.3, 0.4) is 0 Å². The quantitative estimate of drug-likeness (QED) is 0.914. The van der Waals surface area contributed by atoms with Crippen molar-refractivity contribution in [3.05, 3.63) is 51.5 Å². The second kappa shape index (κ2) is 5.21. The van der Waals surface area contributed by atoms with E-state index in [-0.39, 0.29) is 6.10 Å². The lowest BCUT2D eigenvalue weighted by Crippen LogP contribution is -2.00. The van der Waals surface area contributed by atoms with E-state index < -0.39 is 0 Å². The number of rotatable bonds is 4. The Bertz CT molecular complexity index is 521. The van der Waals surface area contributed by atoms with Crippen molar-refractivity contribution in [2.45, 2.75) is 38.2 Å². The summed E-state index contributed by atoms with van der Waals surface area (Å²) in [4.78, 5) is 4.25. The fourth-order valence-corrected chi connectivity index (χ4v) is 3.24. The highest BCUT2D eigenvalue weighted by Crippen LogP contribution is 2.27. The number of aliphatic hydroxyl groups is 1. The Kier molecular flexibility index (Phi) is 3.43. The molecule has 0 bridgehead atoms. The number of fused-ring (bicyclic) bond motifs is 1. The van der Waals surface area contributed by atoms with Gasteiger partial charge in [0.2, 0.25) is 0 Å². The highest BCUT2D eigenvalue weighted by atomic mass is 32.1. The zero-order chi connectivity index (χ0) is 12.4. The molecule has 18 heavy (non-hydrogen) atoms. The fourth-order valence-electron chi connectivity index (χ4n) is 2.60. The van der Waals surface area contributed by atoms with E-state index in [1.54, 1.807) is 11.3 Å². The Morgan fingerprint density at radius 1 is 1.28 bits per heavy atom. The summed E-state index contributed by atoms with van der Waals surface area (Å²) in [6.07, 6.45) is 6.70. The second-order valence-corrected chi connectivity index (χ2v) is 5.84. The van der Waals surface area contributed by atoms with Crippen LogP contribution in [0.2, 0.25) is 0 Å². The third kappa shape index (κ3) is 2.47. The average molecular weight is 259 g/mol. The van der Waals surface area contributed by atoms with Crippen LogP contribution in [0.15, 0.2) is 29.8 Å². The second-order valence-electron chi connectivity index (χ2n) is 4.86. The van der Waals surface area contributed by atoms with Crippen molar-refractivity contribution < 1.29 is 5.11 Å². The maximum absolute atomic E-state index is 10.2. The number of hydrogen-bond acceptors (Lipinski definition) is 3. The molecule has 0 aliphatic heterocycles. The molecule has 2 aromatic rings. The van der Waals surface area contributed by atoms with Gasteiger partial charge in [0.05, 0.1) is 11.1 Å². The van der Waals surface area contributed by atoms with Gasteiger partial charge in [-0.15, -0.1) is 11.3 Å². The molecule has 0 saturated heterocycles. The van der Waals surface area contributed by atoms with Gasteiger partial charge in [0, 0.05) is 18.0 Å². The van der Waals surface area contributed by atoms with Crippen molar-refractivity contribution in [2.24, 2.45) is 0 Å². The first kappa shape index (κ1) is 11.9. The molecule has 1 heterocycles. The maximum Gasteiger partial charge on any atom is 0.0925 e. The summed E-state index contributed by atoms with van der Waals surface area (Å²) in [7, 11) is 0. The molecule has 1 unspecified atom stereocenters. The standard InChI is InChI=1S/C15H17NOS/c17-14(6-7-15-16-8-9-18-15)13-5-4-11-2-1-3-12(11)10-13/h4-5,8-10,14,17H,1-3,6-7H2. The number of aryl methyl sites for hydroxylation is 3. The maximum atomic E-state index is 10.2. The topological polar surface area (TPSA) is 33.1 Å². The van der Waals surface area contributed by atoms with Crippen molar-refractivity contribution in [2.75, 3.05) is 0 Å². The number of aromatic nitrogens is 1. The van der Waals surface area contributed by atoms with Crippen LogP contribution in [0.5, 0.6) is 0 Å². The van der Waals surface area contributed by atoms with Gasteiger partial charge in [0.25, 0.3) is 0 Å². The lowest BCUT2D eigenvalue weighted by molar-refractivity contribution is 0.167. The molecule has 0 saturated carbocycles. The van der Waals surface area contributed by atoms with Gasteiger partial charge in [-0.3, -0.25) is 0 Å². The van der Waals surface area contributed by atoms with Crippen molar-refractivity contribution in [1.82, 2.24) is 4.98 Å². The number of benzene rings is 1. The van der Waals surface area contributed by atoms with E-state index in [1.165, 1.54) is 30.4 Å². The Balaban J connectivity index is 1.67. The van der Waals surface area contributed by atoms with Crippen molar-refractivity contribution in [3.63, 3.8) is 0 Å². The first-order valence-electron chi connectivity index (χ1n) is 6.51. The molecule has 0 spiro atoms. The summed E-state index contributed by atoms with van der Waals surface area (Å²) < 4.78 is 0. The van der Waals surface area contributed by atoms with E-state index in [1.807, 2.05) is 11.6 Å². The molecule has 0 radical (unpaired) electrons. The normalized spacial score (nSPS) is 15.6.